The summed E-state index contributed by atoms with van der Waals surface area (Å²) in [6.07, 6.45) is 0.357. The van der Waals surface area contributed by atoms with E-state index < -0.39 is 11.9 Å². The van der Waals surface area contributed by atoms with E-state index in [2.05, 4.69) is 5.32 Å². The molecule has 2 rings (SSSR count). The SMILES string of the molecule is NC(=O)[C@@H](N)CCC(=O)Nc1ccc(OCc2ccccc2)cc1. The number of anilines is 1. The summed E-state index contributed by atoms with van der Waals surface area (Å²) in [5.41, 5.74) is 12.3. The van der Waals surface area contributed by atoms with Gasteiger partial charge in [-0.3, -0.25) is 9.59 Å². The molecule has 0 aromatic heterocycles. The Morgan fingerprint density at radius 3 is 2.33 bits per heavy atom. The quantitative estimate of drug-likeness (QED) is 0.687. The summed E-state index contributed by atoms with van der Waals surface area (Å²) in [7, 11) is 0. The van der Waals surface area contributed by atoms with E-state index in [0.717, 1.165) is 5.56 Å². The number of hydrogen-bond donors (Lipinski definition) is 3. The zero-order valence-corrected chi connectivity index (χ0v) is 13.3. The summed E-state index contributed by atoms with van der Waals surface area (Å²) in [6.45, 7) is 0.484. The Morgan fingerprint density at radius 1 is 1.04 bits per heavy atom. The second kappa shape index (κ2) is 8.69. The van der Waals surface area contributed by atoms with E-state index in [4.69, 9.17) is 16.2 Å². The smallest absolute Gasteiger partial charge is 0.234 e. The second-order valence-corrected chi connectivity index (χ2v) is 5.39. The molecule has 1 atom stereocenters. The number of primary amides is 1. The molecule has 126 valence electrons. The predicted octanol–water partition coefficient (Wildman–Crippen LogP) is 1.80. The monoisotopic (exact) mass is 327 g/mol. The number of rotatable bonds is 8. The third-order valence-electron chi connectivity index (χ3n) is 3.43. The molecule has 0 heterocycles. The Morgan fingerprint density at radius 2 is 1.71 bits per heavy atom. The third kappa shape index (κ3) is 5.73. The number of hydrogen-bond acceptors (Lipinski definition) is 4. The van der Waals surface area contributed by atoms with E-state index in [-0.39, 0.29) is 18.7 Å². The molecule has 0 bridgehead atoms. The highest BCUT2D eigenvalue weighted by Gasteiger charge is 2.11. The van der Waals surface area contributed by atoms with Crippen molar-refractivity contribution in [2.75, 3.05) is 5.32 Å². The van der Waals surface area contributed by atoms with Crippen LogP contribution in [0, 0.1) is 0 Å². The normalized spacial score (nSPS) is 11.5. The van der Waals surface area contributed by atoms with Crippen molar-refractivity contribution in [2.24, 2.45) is 11.5 Å². The molecule has 0 spiro atoms. The van der Waals surface area contributed by atoms with Gasteiger partial charge in [-0.05, 0) is 36.2 Å². The number of nitrogens with one attached hydrogen (secondary N) is 1. The minimum atomic E-state index is -0.801. The van der Waals surface area contributed by atoms with E-state index >= 15 is 0 Å². The third-order valence-corrected chi connectivity index (χ3v) is 3.43. The second-order valence-electron chi connectivity index (χ2n) is 5.39. The van der Waals surface area contributed by atoms with Crippen LogP contribution in [-0.4, -0.2) is 17.9 Å². The average molecular weight is 327 g/mol. The Bertz CT molecular complexity index is 672. The van der Waals surface area contributed by atoms with Crippen molar-refractivity contribution in [3.05, 3.63) is 60.2 Å². The van der Waals surface area contributed by atoms with Crippen LogP contribution in [0.15, 0.2) is 54.6 Å². The molecule has 5 N–H and O–H groups in total. The van der Waals surface area contributed by atoms with Crippen molar-refractivity contribution < 1.29 is 14.3 Å². The van der Waals surface area contributed by atoms with Crippen molar-refractivity contribution in [3.8, 4) is 5.75 Å². The molecule has 0 aliphatic heterocycles. The van der Waals surface area contributed by atoms with Gasteiger partial charge in [0, 0.05) is 12.1 Å². The molecular weight excluding hydrogens is 306 g/mol. The highest BCUT2D eigenvalue weighted by Crippen LogP contribution is 2.17. The number of carbonyl (C=O) groups is 2. The minimum Gasteiger partial charge on any atom is -0.489 e. The van der Waals surface area contributed by atoms with E-state index in [0.29, 0.717) is 18.0 Å². The Balaban J connectivity index is 1.79. The fourth-order valence-corrected chi connectivity index (χ4v) is 2.03. The van der Waals surface area contributed by atoms with Crippen molar-refractivity contribution in [2.45, 2.75) is 25.5 Å². The molecule has 0 aliphatic carbocycles. The molecule has 2 amide bonds. The van der Waals surface area contributed by atoms with Crippen LogP contribution in [0.3, 0.4) is 0 Å². The zero-order chi connectivity index (χ0) is 17.4. The number of amides is 2. The highest BCUT2D eigenvalue weighted by atomic mass is 16.5. The first-order valence-corrected chi connectivity index (χ1v) is 7.66. The van der Waals surface area contributed by atoms with Gasteiger partial charge in [0.05, 0.1) is 6.04 Å². The van der Waals surface area contributed by atoms with Gasteiger partial charge in [-0.25, -0.2) is 0 Å². The van der Waals surface area contributed by atoms with Gasteiger partial charge < -0.3 is 21.5 Å². The van der Waals surface area contributed by atoms with Crippen LogP contribution in [-0.2, 0) is 16.2 Å². The van der Waals surface area contributed by atoms with Crippen molar-refractivity contribution in [1.29, 1.82) is 0 Å². The van der Waals surface area contributed by atoms with E-state index in [1.807, 2.05) is 30.3 Å². The number of carbonyl (C=O) groups excluding carboxylic acids is 2. The number of benzene rings is 2. The van der Waals surface area contributed by atoms with Gasteiger partial charge in [-0.2, -0.15) is 0 Å². The lowest BCUT2D eigenvalue weighted by molar-refractivity contribution is -0.119. The van der Waals surface area contributed by atoms with Gasteiger partial charge in [0.2, 0.25) is 11.8 Å². The molecule has 0 unspecified atom stereocenters. The molecule has 0 aliphatic rings. The maximum atomic E-state index is 11.8. The minimum absolute atomic E-state index is 0.135. The van der Waals surface area contributed by atoms with Crippen LogP contribution in [0.2, 0.25) is 0 Å². The molecule has 2 aromatic carbocycles. The van der Waals surface area contributed by atoms with Crippen molar-refractivity contribution >= 4 is 17.5 Å². The molecule has 6 heteroatoms. The zero-order valence-electron chi connectivity index (χ0n) is 13.3. The summed E-state index contributed by atoms with van der Waals surface area (Å²) < 4.78 is 5.68. The van der Waals surface area contributed by atoms with Gasteiger partial charge in [-0.1, -0.05) is 30.3 Å². The summed E-state index contributed by atoms with van der Waals surface area (Å²) >= 11 is 0. The Labute approximate surface area is 140 Å². The van der Waals surface area contributed by atoms with Crippen molar-refractivity contribution in [1.82, 2.24) is 0 Å². The van der Waals surface area contributed by atoms with E-state index in [1.54, 1.807) is 24.3 Å². The lowest BCUT2D eigenvalue weighted by Gasteiger charge is -2.09. The van der Waals surface area contributed by atoms with Gasteiger partial charge in [0.25, 0.3) is 0 Å². The van der Waals surface area contributed by atoms with E-state index in [1.165, 1.54) is 0 Å². The highest BCUT2D eigenvalue weighted by molar-refractivity contribution is 5.91. The molecule has 24 heavy (non-hydrogen) atoms. The molecule has 0 radical (unpaired) electrons. The molecule has 0 saturated carbocycles. The van der Waals surface area contributed by atoms with Gasteiger partial charge in [-0.15, -0.1) is 0 Å². The van der Waals surface area contributed by atoms with Crippen molar-refractivity contribution in [3.63, 3.8) is 0 Å². The fraction of sp³-hybridized carbons (Fsp3) is 0.222. The van der Waals surface area contributed by atoms with Gasteiger partial charge >= 0.3 is 0 Å². The molecule has 0 fully saturated rings. The summed E-state index contributed by atoms with van der Waals surface area (Å²) in [6, 6.07) is 16.1. The average Bonchev–Trinajstić information content (AvgIpc) is 2.60. The van der Waals surface area contributed by atoms with Gasteiger partial charge in [0.15, 0.2) is 0 Å². The molecule has 0 saturated heterocycles. The topological polar surface area (TPSA) is 107 Å². The lowest BCUT2D eigenvalue weighted by Crippen LogP contribution is -2.37. The van der Waals surface area contributed by atoms with Gasteiger partial charge in [0.1, 0.15) is 12.4 Å². The molecular formula is C18H21N3O3. The van der Waals surface area contributed by atoms with Crippen LogP contribution in [0.25, 0.3) is 0 Å². The molecule has 6 nitrogen and oxygen atoms in total. The standard InChI is InChI=1S/C18H21N3O3/c19-16(18(20)23)10-11-17(22)21-14-6-8-15(9-7-14)24-12-13-4-2-1-3-5-13/h1-9,16H,10-12,19H2,(H2,20,23)(H,21,22)/t16-/m0/s1. The number of nitrogens with two attached hydrogens (primary N) is 2. The molecule has 2 aromatic rings. The maximum absolute atomic E-state index is 11.8. The van der Waals surface area contributed by atoms with Crippen LogP contribution in [0.1, 0.15) is 18.4 Å². The summed E-state index contributed by atoms with van der Waals surface area (Å²) in [5.74, 6) is -0.111. The summed E-state index contributed by atoms with van der Waals surface area (Å²) in [5, 5.41) is 2.74. The van der Waals surface area contributed by atoms with Crippen LogP contribution in [0.4, 0.5) is 5.69 Å². The predicted molar refractivity (Wildman–Crippen MR) is 92.2 cm³/mol. The van der Waals surface area contributed by atoms with E-state index in [9.17, 15) is 9.59 Å². The maximum Gasteiger partial charge on any atom is 0.234 e. The number of ether oxygens (including phenoxy) is 1. The van der Waals surface area contributed by atoms with Crippen LogP contribution >= 0.6 is 0 Å². The first-order chi connectivity index (χ1) is 11.5. The Hall–Kier alpha value is -2.86. The lowest BCUT2D eigenvalue weighted by atomic mass is 10.1. The largest absolute Gasteiger partial charge is 0.489 e. The first-order valence-electron chi connectivity index (χ1n) is 7.66. The first kappa shape index (κ1) is 17.5. The Kier molecular flexibility index (Phi) is 6.33. The fourth-order valence-electron chi connectivity index (χ4n) is 2.03. The summed E-state index contributed by atoms with van der Waals surface area (Å²) in [4.78, 5) is 22.6. The van der Waals surface area contributed by atoms with Crippen LogP contribution < -0.4 is 21.5 Å². The van der Waals surface area contributed by atoms with Crippen LogP contribution in [0.5, 0.6) is 5.75 Å².